The summed E-state index contributed by atoms with van der Waals surface area (Å²) in [6, 6.07) is 6.88. The lowest BCUT2D eigenvalue weighted by atomic mass is 9.66. The summed E-state index contributed by atoms with van der Waals surface area (Å²) in [6.07, 6.45) is 0.158. The molecule has 122 valence electrons. The highest BCUT2D eigenvalue weighted by Gasteiger charge is 2.51. The van der Waals surface area contributed by atoms with Gasteiger partial charge in [-0.1, -0.05) is 23.7 Å². The van der Waals surface area contributed by atoms with E-state index >= 15 is 0 Å². The van der Waals surface area contributed by atoms with Gasteiger partial charge in [-0.15, -0.1) is 0 Å². The lowest BCUT2D eigenvalue weighted by Crippen LogP contribution is -2.49. The number of rotatable bonds is 2. The number of fused-ring (bicyclic) bond motifs is 1. The summed E-state index contributed by atoms with van der Waals surface area (Å²) in [4.78, 5) is 24.6. The molecule has 1 aliphatic rings. The van der Waals surface area contributed by atoms with E-state index in [1.54, 1.807) is 31.2 Å². The number of aromatic amines is 2. The monoisotopic (exact) mass is 336 g/mol. The zero-order valence-electron chi connectivity index (χ0n) is 12.7. The fourth-order valence-electron chi connectivity index (χ4n) is 3.41. The average Bonchev–Trinajstić information content (AvgIpc) is 2.85. The first-order chi connectivity index (χ1) is 10.8. The Balaban J connectivity index is 2.24. The number of esters is 1. The van der Waals surface area contributed by atoms with Gasteiger partial charge < -0.3 is 14.9 Å². The highest BCUT2D eigenvalue weighted by molar-refractivity contribution is 6.30. The molecule has 3 rings (SSSR count). The van der Waals surface area contributed by atoms with E-state index in [1.165, 1.54) is 7.11 Å². The molecule has 0 amide bonds. The predicted octanol–water partition coefficient (Wildman–Crippen LogP) is 1.58. The molecule has 0 unspecified atom stereocenters. The van der Waals surface area contributed by atoms with Crippen molar-refractivity contribution in [2.75, 3.05) is 7.11 Å². The number of aliphatic hydroxyl groups is 1. The van der Waals surface area contributed by atoms with Crippen molar-refractivity contribution in [2.24, 2.45) is 5.92 Å². The van der Waals surface area contributed by atoms with E-state index in [2.05, 4.69) is 10.2 Å². The summed E-state index contributed by atoms with van der Waals surface area (Å²) in [5.74, 6) is -2.06. The maximum atomic E-state index is 12.3. The number of hydrogen-bond acceptors (Lipinski definition) is 4. The Labute approximate surface area is 137 Å². The molecule has 3 N–H and O–H groups in total. The van der Waals surface area contributed by atoms with E-state index in [1.807, 2.05) is 0 Å². The van der Waals surface area contributed by atoms with Crippen molar-refractivity contribution in [3.63, 3.8) is 0 Å². The number of halogens is 1. The molecule has 7 heteroatoms. The smallest absolute Gasteiger partial charge is 0.312 e. The minimum atomic E-state index is -1.35. The van der Waals surface area contributed by atoms with Gasteiger partial charge in [-0.05, 0) is 24.6 Å². The van der Waals surface area contributed by atoms with Crippen molar-refractivity contribution in [3.05, 3.63) is 56.5 Å². The predicted molar refractivity (Wildman–Crippen MR) is 84.5 cm³/mol. The van der Waals surface area contributed by atoms with Crippen LogP contribution in [0.3, 0.4) is 0 Å². The Kier molecular flexibility index (Phi) is 3.82. The molecular formula is C16H17ClN2O4. The van der Waals surface area contributed by atoms with Gasteiger partial charge in [0.15, 0.2) is 0 Å². The maximum absolute atomic E-state index is 12.3. The highest BCUT2D eigenvalue weighted by Crippen LogP contribution is 2.44. The second-order valence-corrected chi connectivity index (χ2v) is 6.47. The van der Waals surface area contributed by atoms with Crippen molar-refractivity contribution < 1.29 is 14.6 Å². The molecule has 0 bridgehead atoms. The van der Waals surface area contributed by atoms with Gasteiger partial charge in [0.05, 0.1) is 18.6 Å². The van der Waals surface area contributed by atoms with Gasteiger partial charge in [-0.3, -0.25) is 14.7 Å². The Morgan fingerprint density at radius 2 is 2.00 bits per heavy atom. The second-order valence-electron chi connectivity index (χ2n) is 6.04. The van der Waals surface area contributed by atoms with E-state index in [0.29, 0.717) is 16.3 Å². The van der Waals surface area contributed by atoms with Crippen LogP contribution in [0, 0.1) is 5.92 Å². The molecule has 23 heavy (non-hydrogen) atoms. The van der Waals surface area contributed by atoms with Crippen LogP contribution in [0.2, 0.25) is 5.02 Å². The molecule has 0 saturated carbocycles. The molecule has 0 radical (unpaired) electrons. The number of carbonyl (C=O) groups is 1. The Morgan fingerprint density at radius 3 is 2.61 bits per heavy atom. The summed E-state index contributed by atoms with van der Waals surface area (Å²) in [5.41, 5.74) is 0.116. The van der Waals surface area contributed by atoms with Crippen LogP contribution < -0.4 is 5.56 Å². The number of hydrogen-bond donors (Lipinski definition) is 3. The van der Waals surface area contributed by atoms with Gasteiger partial charge >= 0.3 is 5.97 Å². The van der Waals surface area contributed by atoms with Gasteiger partial charge in [0, 0.05) is 28.6 Å². The largest absolute Gasteiger partial charge is 0.469 e. The third-order valence-electron chi connectivity index (χ3n) is 4.43. The van der Waals surface area contributed by atoms with Crippen molar-refractivity contribution in [1.82, 2.24) is 10.2 Å². The van der Waals surface area contributed by atoms with Gasteiger partial charge in [-0.2, -0.15) is 0 Å². The summed E-state index contributed by atoms with van der Waals surface area (Å²) in [5, 5.41) is 16.7. The summed E-state index contributed by atoms with van der Waals surface area (Å²) in [7, 11) is 1.27. The van der Waals surface area contributed by atoms with Crippen LogP contribution in [0.5, 0.6) is 0 Å². The number of methoxy groups -OCH3 is 1. The zero-order valence-corrected chi connectivity index (χ0v) is 13.5. The molecule has 0 saturated heterocycles. The molecule has 0 spiro atoms. The molecule has 3 atom stereocenters. The van der Waals surface area contributed by atoms with E-state index in [4.69, 9.17) is 16.3 Å². The lowest BCUT2D eigenvalue weighted by molar-refractivity contribution is -0.156. The molecule has 1 aliphatic carbocycles. The SMILES string of the molecule is COC(=O)[C@H]1[C@H](c2ccc(Cl)cc2)c2c([nH][nH]c2=O)C[C@@]1(C)O. The number of carbonyl (C=O) groups excluding carboxylic acids is 1. The van der Waals surface area contributed by atoms with Crippen molar-refractivity contribution >= 4 is 17.6 Å². The first-order valence-corrected chi connectivity index (χ1v) is 7.58. The van der Waals surface area contributed by atoms with Gasteiger partial charge in [0.25, 0.3) is 5.56 Å². The molecule has 1 aromatic carbocycles. The van der Waals surface area contributed by atoms with Crippen LogP contribution in [-0.4, -0.2) is 34.0 Å². The van der Waals surface area contributed by atoms with Crippen LogP contribution in [0.25, 0.3) is 0 Å². The van der Waals surface area contributed by atoms with Crippen LogP contribution in [-0.2, 0) is 16.0 Å². The molecule has 1 heterocycles. The fraction of sp³-hybridized carbons (Fsp3) is 0.375. The normalized spacial score (nSPS) is 26.6. The average molecular weight is 337 g/mol. The molecule has 0 aliphatic heterocycles. The summed E-state index contributed by atoms with van der Waals surface area (Å²) >= 11 is 5.93. The lowest BCUT2D eigenvalue weighted by Gasteiger charge is -2.40. The third-order valence-corrected chi connectivity index (χ3v) is 4.68. The van der Waals surface area contributed by atoms with Crippen LogP contribution in [0.15, 0.2) is 29.1 Å². The van der Waals surface area contributed by atoms with E-state index < -0.39 is 23.4 Å². The zero-order chi connectivity index (χ0) is 16.8. The second kappa shape index (κ2) is 5.54. The summed E-state index contributed by atoms with van der Waals surface area (Å²) in [6.45, 7) is 1.58. The Morgan fingerprint density at radius 1 is 1.35 bits per heavy atom. The number of nitrogens with one attached hydrogen (secondary N) is 2. The minimum Gasteiger partial charge on any atom is -0.469 e. The van der Waals surface area contributed by atoms with E-state index in [0.717, 1.165) is 5.56 Å². The standard InChI is InChI=1S/C16H17ClN2O4/c1-16(22)7-10-12(14(20)19-18-10)11(13(16)15(21)23-2)8-3-5-9(17)6-4-8/h3-6,11,13,22H,7H2,1-2H3,(H2,18,19,20)/t11-,13-,16-/m1/s1. The topological polar surface area (TPSA) is 95.2 Å². The molecular weight excluding hydrogens is 320 g/mol. The van der Waals surface area contributed by atoms with Gasteiger partial charge in [0.1, 0.15) is 0 Å². The number of ether oxygens (including phenoxy) is 1. The first-order valence-electron chi connectivity index (χ1n) is 7.20. The minimum absolute atomic E-state index is 0.158. The van der Waals surface area contributed by atoms with E-state index in [9.17, 15) is 14.7 Å². The van der Waals surface area contributed by atoms with E-state index in [-0.39, 0.29) is 12.0 Å². The number of H-pyrrole nitrogens is 2. The van der Waals surface area contributed by atoms with Crippen LogP contribution in [0.4, 0.5) is 0 Å². The van der Waals surface area contributed by atoms with Crippen molar-refractivity contribution in [2.45, 2.75) is 24.9 Å². The van der Waals surface area contributed by atoms with Gasteiger partial charge in [0.2, 0.25) is 0 Å². The molecule has 2 aromatic rings. The van der Waals surface area contributed by atoms with Crippen LogP contribution >= 0.6 is 11.6 Å². The van der Waals surface area contributed by atoms with Crippen LogP contribution in [0.1, 0.15) is 29.7 Å². The molecule has 6 nitrogen and oxygen atoms in total. The van der Waals surface area contributed by atoms with Gasteiger partial charge in [-0.25, -0.2) is 0 Å². The third kappa shape index (κ3) is 2.58. The first kappa shape index (κ1) is 15.8. The quantitative estimate of drug-likeness (QED) is 0.726. The van der Waals surface area contributed by atoms with Crippen molar-refractivity contribution in [1.29, 1.82) is 0 Å². The molecule has 1 aromatic heterocycles. The number of aromatic nitrogens is 2. The Bertz CT molecular complexity index is 791. The maximum Gasteiger partial charge on any atom is 0.312 e. The highest BCUT2D eigenvalue weighted by atomic mass is 35.5. The number of benzene rings is 1. The fourth-order valence-corrected chi connectivity index (χ4v) is 3.54. The Hall–Kier alpha value is -2.05. The summed E-state index contributed by atoms with van der Waals surface area (Å²) < 4.78 is 4.88. The van der Waals surface area contributed by atoms with Crippen molar-refractivity contribution in [3.8, 4) is 0 Å². The molecule has 0 fully saturated rings.